The normalized spacial score (nSPS) is 11.8. The quantitative estimate of drug-likeness (QED) is 0.176. The van der Waals surface area contributed by atoms with Gasteiger partial charge in [-0.15, -0.1) is 0 Å². The molecule has 0 saturated carbocycles. The standard InChI is InChI=1S/C22H15ClN4O3S/c23-17-11-10-15(12-19(17)27(29)30)26-21(28)20(14-6-2-1-3-7-14)31-22-16-8-4-5-9-18(16)24-13-25-22/h1-13,20H,(H,26,28)/t20-/m0/s1. The molecule has 0 fully saturated rings. The summed E-state index contributed by atoms with van der Waals surface area (Å²) >= 11 is 7.17. The second kappa shape index (κ2) is 9.11. The second-order valence-electron chi connectivity index (χ2n) is 6.52. The van der Waals surface area contributed by atoms with Gasteiger partial charge in [0.15, 0.2) is 0 Å². The summed E-state index contributed by atoms with van der Waals surface area (Å²) in [4.78, 5) is 32.5. The molecule has 0 unspecified atom stereocenters. The molecule has 1 heterocycles. The monoisotopic (exact) mass is 450 g/mol. The minimum Gasteiger partial charge on any atom is -0.325 e. The molecule has 1 atom stereocenters. The summed E-state index contributed by atoms with van der Waals surface area (Å²) in [5.74, 6) is -0.337. The van der Waals surface area contributed by atoms with Crippen LogP contribution in [0.1, 0.15) is 10.8 Å². The fourth-order valence-corrected chi connectivity index (χ4v) is 4.30. The first-order chi connectivity index (χ1) is 15.0. The van der Waals surface area contributed by atoms with E-state index in [4.69, 9.17) is 11.6 Å². The minimum absolute atomic E-state index is 0.00411. The number of para-hydroxylation sites is 1. The number of carbonyl (C=O) groups is 1. The van der Waals surface area contributed by atoms with Crippen molar-refractivity contribution in [3.05, 3.63) is 99.8 Å². The van der Waals surface area contributed by atoms with E-state index in [0.717, 1.165) is 16.5 Å². The molecule has 7 nitrogen and oxygen atoms in total. The van der Waals surface area contributed by atoms with Crippen LogP contribution in [0, 0.1) is 10.1 Å². The number of amides is 1. The maximum Gasteiger partial charge on any atom is 0.289 e. The average Bonchev–Trinajstić information content (AvgIpc) is 2.79. The molecule has 4 rings (SSSR count). The van der Waals surface area contributed by atoms with Crippen molar-refractivity contribution in [2.24, 2.45) is 0 Å². The molecule has 1 aromatic heterocycles. The van der Waals surface area contributed by atoms with Gasteiger partial charge < -0.3 is 5.32 Å². The maximum atomic E-state index is 13.2. The fraction of sp³-hybridized carbons (Fsp3) is 0.0455. The number of benzene rings is 3. The highest BCUT2D eigenvalue weighted by Crippen LogP contribution is 2.38. The van der Waals surface area contributed by atoms with Crippen molar-refractivity contribution >= 4 is 51.5 Å². The van der Waals surface area contributed by atoms with E-state index in [-0.39, 0.29) is 22.3 Å². The van der Waals surface area contributed by atoms with Gasteiger partial charge in [-0.25, -0.2) is 9.97 Å². The van der Waals surface area contributed by atoms with Crippen LogP contribution in [0.25, 0.3) is 10.9 Å². The maximum absolute atomic E-state index is 13.2. The van der Waals surface area contributed by atoms with E-state index < -0.39 is 10.2 Å². The van der Waals surface area contributed by atoms with E-state index in [1.165, 1.54) is 36.3 Å². The zero-order valence-corrected chi connectivity index (χ0v) is 17.5. The first kappa shape index (κ1) is 20.8. The Hall–Kier alpha value is -3.49. The predicted octanol–water partition coefficient (Wildman–Crippen LogP) is 5.66. The molecular formula is C22H15ClN4O3S. The fourth-order valence-electron chi connectivity index (χ4n) is 3.02. The van der Waals surface area contributed by atoms with E-state index in [1.54, 1.807) is 0 Å². The van der Waals surface area contributed by atoms with Crippen molar-refractivity contribution in [2.75, 3.05) is 5.32 Å². The Balaban J connectivity index is 1.68. The van der Waals surface area contributed by atoms with Crippen molar-refractivity contribution in [1.82, 2.24) is 9.97 Å². The number of fused-ring (bicyclic) bond motifs is 1. The number of rotatable bonds is 6. The molecule has 0 spiro atoms. The van der Waals surface area contributed by atoms with Gasteiger partial charge in [0, 0.05) is 17.1 Å². The Morgan fingerprint density at radius 1 is 1.03 bits per heavy atom. The average molecular weight is 451 g/mol. The topological polar surface area (TPSA) is 98.0 Å². The molecule has 31 heavy (non-hydrogen) atoms. The van der Waals surface area contributed by atoms with Crippen molar-refractivity contribution in [3.63, 3.8) is 0 Å². The molecule has 0 aliphatic rings. The van der Waals surface area contributed by atoms with Gasteiger partial charge in [-0.1, -0.05) is 71.9 Å². The van der Waals surface area contributed by atoms with Gasteiger partial charge in [-0.2, -0.15) is 0 Å². The van der Waals surface area contributed by atoms with Gasteiger partial charge in [0.1, 0.15) is 21.6 Å². The molecule has 0 aliphatic heterocycles. The van der Waals surface area contributed by atoms with Gasteiger partial charge >= 0.3 is 0 Å². The van der Waals surface area contributed by atoms with Crippen LogP contribution in [0.4, 0.5) is 11.4 Å². The van der Waals surface area contributed by atoms with Gasteiger partial charge in [-0.3, -0.25) is 14.9 Å². The lowest BCUT2D eigenvalue weighted by Crippen LogP contribution is -2.19. The summed E-state index contributed by atoms with van der Waals surface area (Å²) < 4.78 is 0. The van der Waals surface area contributed by atoms with Crippen molar-refractivity contribution in [3.8, 4) is 0 Å². The molecule has 1 amide bonds. The highest BCUT2D eigenvalue weighted by atomic mass is 35.5. The highest BCUT2D eigenvalue weighted by molar-refractivity contribution is 8.00. The van der Waals surface area contributed by atoms with Crippen LogP contribution < -0.4 is 5.32 Å². The Labute approximate surface area is 186 Å². The molecule has 9 heteroatoms. The van der Waals surface area contributed by atoms with Crippen molar-refractivity contribution in [1.29, 1.82) is 0 Å². The predicted molar refractivity (Wildman–Crippen MR) is 121 cm³/mol. The summed E-state index contributed by atoms with van der Waals surface area (Å²) in [5.41, 5.74) is 1.57. The Bertz CT molecular complexity index is 1260. The first-order valence-corrected chi connectivity index (χ1v) is 10.4. The molecule has 1 N–H and O–H groups in total. The SMILES string of the molecule is O=C(Nc1ccc(Cl)c([N+](=O)[O-])c1)[C@@H](Sc1ncnc2ccccc12)c1ccccc1. The number of aromatic nitrogens is 2. The molecule has 4 aromatic rings. The van der Waals surface area contributed by atoms with Crippen LogP contribution in [0.3, 0.4) is 0 Å². The zero-order chi connectivity index (χ0) is 21.8. The smallest absolute Gasteiger partial charge is 0.289 e. The number of anilines is 1. The third-order valence-corrected chi connectivity index (χ3v) is 6.08. The number of nitro benzene ring substituents is 1. The third kappa shape index (κ3) is 4.65. The van der Waals surface area contributed by atoms with Crippen LogP contribution in [0.2, 0.25) is 5.02 Å². The molecule has 0 bridgehead atoms. The van der Waals surface area contributed by atoms with Crippen LogP contribution >= 0.6 is 23.4 Å². The summed E-state index contributed by atoms with van der Waals surface area (Å²) in [7, 11) is 0. The lowest BCUT2D eigenvalue weighted by molar-refractivity contribution is -0.384. The summed E-state index contributed by atoms with van der Waals surface area (Å²) in [6.45, 7) is 0. The number of carbonyl (C=O) groups excluding carboxylic acids is 1. The summed E-state index contributed by atoms with van der Waals surface area (Å²) in [6.07, 6.45) is 1.47. The summed E-state index contributed by atoms with van der Waals surface area (Å²) in [5, 5.41) is 14.8. The van der Waals surface area contributed by atoms with Crippen molar-refractivity contribution < 1.29 is 9.72 Å². The number of hydrogen-bond acceptors (Lipinski definition) is 6. The lowest BCUT2D eigenvalue weighted by Gasteiger charge is -2.17. The Kier molecular flexibility index (Phi) is 6.11. The third-order valence-electron chi connectivity index (χ3n) is 4.49. The van der Waals surface area contributed by atoms with E-state index >= 15 is 0 Å². The molecule has 154 valence electrons. The number of halogens is 1. The highest BCUT2D eigenvalue weighted by Gasteiger charge is 2.25. The molecule has 3 aromatic carbocycles. The van der Waals surface area contributed by atoms with Gasteiger partial charge in [0.25, 0.3) is 5.69 Å². The Morgan fingerprint density at radius 3 is 2.55 bits per heavy atom. The summed E-state index contributed by atoms with van der Waals surface area (Å²) in [6, 6.07) is 21.0. The zero-order valence-electron chi connectivity index (χ0n) is 15.9. The molecular weight excluding hydrogens is 436 g/mol. The number of nitrogens with zero attached hydrogens (tertiary/aromatic N) is 3. The van der Waals surface area contributed by atoms with Crippen LogP contribution in [0.5, 0.6) is 0 Å². The van der Waals surface area contributed by atoms with Crippen LogP contribution in [-0.4, -0.2) is 20.8 Å². The van der Waals surface area contributed by atoms with E-state index in [2.05, 4.69) is 15.3 Å². The number of nitro groups is 1. The number of nitrogens with one attached hydrogen (secondary N) is 1. The van der Waals surface area contributed by atoms with E-state index in [0.29, 0.717) is 5.03 Å². The molecule has 0 saturated heterocycles. The lowest BCUT2D eigenvalue weighted by atomic mass is 10.1. The van der Waals surface area contributed by atoms with Crippen molar-refractivity contribution in [2.45, 2.75) is 10.3 Å². The second-order valence-corrected chi connectivity index (χ2v) is 8.02. The van der Waals surface area contributed by atoms with Gasteiger partial charge in [0.05, 0.1) is 10.4 Å². The largest absolute Gasteiger partial charge is 0.325 e. The molecule has 0 radical (unpaired) electrons. The van der Waals surface area contributed by atoms with E-state index in [9.17, 15) is 14.9 Å². The van der Waals surface area contributed by atoms with E-state index in [1.807, 2.05) is 54.6 Å². The minimum atomic E-state index is -0.644. The first-order valence-electron chi connectivity index (χ1n) is 9.19. The number of hydrogen-bond donors (Lipinski definition) is 1. The van der Waals surface area contributed by atoms with Crippen LogP contribution in [0.15, 0.2) is 84.1 Å². The van der Waals surface area contributed by atoms with Crippen LogP contribution in [-0.2, 0) is 4.79 Å². The van der Waals surface area contributed by atoms with Gasteiger partial charge in [-0.05, 0) is 23.8 Å². The Morgan fingerprint density at radius 2 is 1.77 bits per heavy atom. The number of thioether (sulfide) groups is 1. The molecule has 0 aliphatic carbocycles. The van der Waals surface area contributed by atoms with Gasteiger partial charge in [0.2, 0.25) is 5.91 Å².